The van der Waals surface area contributed by atoms with Crippen LogP contribution < -0.4 is 5.32 Å². The molecule has 20 heavy (non-hydrogen) atoms. The van der Waals surface area contributed by atoms with Gasteiger partial charge in [0, 0.05) is 24.1 Å². The fourth-order valence-electron chi connectivity index (χ4n) is 3.16. The van der Waals surface area contributed by atoms with Gasteiger partial charge in [0.2, 0.25) is 0 Å². The van der Waals surface area contributed by atoms with Crippen molar-refractivity contribution in [3.63, 3.8) is 0 Å². The van der Waals surface area contributed by atoms with Gasteiger partial charge in [0.15, 0.2) is 0 Å². The Balaban J connectivity index is 2.13. The van der Waals surface area contributed by atoms with Crippen molar-refractivity contribution in [3.8, 4) is 0 Å². The second-order valence-electron chi connectivity index (χ2n) is 5.88. The molecule has 1 saturated carbocycles. The van der Waals surface area contributed by atoms with Gasteiger partial charge in [-0.15, -0.1) is 0 Å². The van der Waals surface area contributed by atoms with Gasteiger partial charge in [-0.2, -0.15) is 0 Å². The summed E-state index contributed by atoms with van der Waals surface area (Å²) in [7, 11) is 0. The summed E-state index contributed by atoms with van der Waals surface area (Å²) in [6.45, 7) is 5.76. The molecule has 1 amide bonds. The molecule has 1 heterocycles. The van der Waals surface area contributed by atoms with Gasteiger partial charge in [-0.3, -0.25) is 4.79 Å². The van der Waals surface area contributed by atoms with Crippen LogP contribution in [0.3, 0.4) is 0 Å². The minimum Gasteiger partial charge on any atom is -0.466 e. The first-order valence-electron chi connectivity index (χ1n) is 7.53. The van der Waals surface area contributed by atoms with E-state index >= 15 is 0 Å². The number of rotatable bonds is 3. The standard InChI is InChI=1S/C16H25NO3/c1-10-11(2)20-12(3)15(10)16(19)17-14-8-6-4-5-7-13(14)9-18/h13-14,18H,4-9H2,1-3H3,(H,17,19). The number of hydrogen-bond donors (Lipinski definition) is 2. The maximum absolute atomic E-state index is 12.5. The summed E-state index contributed by atoms with van der Waals surface area (Å²) in [4.78, 5) is 12.5. The molecule has 2 rings (SSSR count). The first kappa shape index (κ1) is 15.1. The van der Waals surface area contributed by atoms with E-state index in [1.807, 2.05) is 20.8 Å². The van der Waals surface area contributed by atoms with Crippen LogP contribution in [0.25, 0.3) is 0 Å². The molecule has 0 bridgehead atoms. The van der Waals surface area contributed by atoms with Crippen molar-refractivity contribution in [1.82, 2.24) is 5.32 Å². The number of aliphatic hydroxyl groups excluding tert-OH is 1. The normalized spacial score (nSPS) is 23.4. The van der Waals surface area contributed by atoms with Crippen LogP contribution in [-0.4, -0.2) is 23.7 Å². The SMILES string of the molecule is Cc1oc(C)c(C(=O)NC2CCCCCC2CO)c1C. The van der Waals surface area contributed by atoms with Gasteiger partial charge in [0.1, 0.15) is 11.5 Å². The molecule has 1 aliphatic carbocycles. The molecule has 1 fully saturated rings. The fourth-order valence-corrected chi connectivity index (χ4v) is 3.16. The minimum absolute atomic E-state index is 0.0674. The van der Waals surface area contributed by atoms with E-state index in [0.29, 0.717) is 11.3 Å². The van der Waals surface area contributed by atoms with Crippen LogP contribution in [0.4, 0.5) is 0 Å². The molecule has 112 valence electrons. The third-order valence-corrected chi connectivity index (χ3v) is 4.50. The van der Waals surface area contributed by atoms with Crippen molar-refractivity contribution in [2.45, 2.75) is 58.9 Å². The van der Waals surface area contributed by atoms with Crippen LogP contribution in [0.15, 0.2) is 4.42 Å². The molecule has 0 aromatic carbocycles. The van der Waals surface area contributed by atoms with Gasteiger partial charge in [-0.05, 0) is 33.6 Å². The van der Waals surface area contributed by atoms with Crippen LogP contribution >= 0.6 is 0 Å². The lowest BCUT2D eigenvalue weighted by Crippen LogP contribution is -2.41. The number of aliphatic hydroxyl groups is 1. The lowest BCUT2D eigenvalue weighted by Gasteiger charge is -2.24. The average Bonchev–Trinajstić information content (AvgIpc) is 2.58. The van der Waals surface area contributed by atoms with Gasteiger partial charge in [-0.1, -0.05) is 19.3 Å². The predicted octanol–water partition coefficient (Wildman–Crippen LogP) is 2.88. The van der Waals surface area contributed by atoms with Crippen molar-refractivity contribution in [2.75, 3.05) is 6.61 Å². The Morgan fingerprint density at radius 2 is 1.90 bits per heavy atom. The Bertz CT molecular complexity index is 478. The summed E-state index contributed by atoms with van der Waals surface area (Å²) in [6, 6.07) is 0.0732. The molecule has 0 aliphatic heterocycles. The monoisotopic (exact) mass is 279 g/mol. The van der Waals surface area contributed by atoms with Crippen molar-refractivity contribution in [1.29, 1.82) is 0 Å². The highest BCUT2D eigenvalue weighted by Gasteiger charge is 2.27. The Morgan fingerprint density at radius 3 is 2.50 bits per heavy atom. The fraction of sp³-hybridized carbons (Fsp3) is 0.688. The number of nitrogens with one attached hydrogen (secondary N) is 1. The van der Waals surface area contributed by atoms with Crippen LogP contribution in [-0.2, 0) is 0 Å². The number of aryl methyl sites for hydroxylation is 2. The zero-order valence-electron chi connectivity index (χ0n) is 12.7. The Labute approximate surface area is 120 Å². The zero-order chi connectivity index (χ0) is 14.7. The minimum atomic E-state index is -0.0674. The van der Waals surface area contributed by atoms with Crippen LogP contribution in [0.2, 0.25) is 0 Å². The van der Waals surface area contributed by atoms with E-state index in [1.165, 1.54) is 6.42 Å². The molecule has 4 nitrogen and oxygen atoms in total. The number of hydrogen-bond acceptors (Lipinski definition) is 3. The highest BCUT2D eigenvalue weighted by atomic mass is 16.3. The van der Waals surface area contributed by atoms with Crippen molar-refractivity contribution in [2.24, 2.45) is 5.92 Å². The number of amides is 1. The summed E-state index contributed by atoms with van der Waals surface area (Å²) in [6.07, 6.45) is 5.38. The van der Waals surface area contributed by atoms with Gasteiger partial charge >= 0.3 is 0 Å². The van der Waals surface area contributed by atoms with Crippen LogP contribution in [0.5, 0.6) is 0 Å². The molecule has 0 radical (unpaired) electrons. The molecule has 0 saturated heterocycles. The molecule has 2 atom stereocenters. The zero-order valence-corrected chi connectivity index (χ0v) is 12.7. The van der Waals surface area contributed by atoms with Gasteiger partial charge < -0.3 is 14.8 Å². The molecule has 1 aliphatic rings. The lowest BCUT2D eigenvalue weighted by molar-refractivity contribution is 0.0897. The van der Waals surface area contributed by atoms with Gasteiger partial charge in [0.25, 0.3) is 5.91 Å². The van der Waals surface area contributed by atoms with Crippen molar-refractivity contribution < 1.29 is 14.3 Å². The summed E-state index contributed by atoms with van der Waals surface area (Å²) >= 11 is 0. The highest BCUT2D eigenvalue weighted by Crippen LogP contribution is 2.25. The lowest BCUT2D eigenvalue weighted by atomic mass is 9.95. The number of furan rings is 1. The van der Waals surface area contributed by atoms with E-state index < -0.39 is 0 Å². The summed E-state index contributed by atoms with van der Waals surface area (Å²) < 4.78 is 5.52. The summed E-state index contributed by atoms with van der Waals surface area (Å²) in [5.74, 6) is 1.58. The first-order chi connectivity index (χ1) is 9.54. The van der Waals surface area contributed by atoms with E-state index in [0.717, 1.165) is 37.0 Å². The summed E-state index contributed by atoms with van der Waals surface area (Å²) in [5, 5.41) is 12.6. The Hall–Kier alpha value is -1.29. The predicted molar refractivity (Wildman–Crippen MR) is 77.8 cm³/mol. The maximum atomic E-state index is 12.5. The third-order valence-electron chi connectivity index (χ3n) is 4.50. The van der Waals surface area contributed by atoms with E-state index in [-0.39, 0.29) is 24.5 Å². The largest absolute Gasteiger partial charge is 0.466 e. The van der Waals surface area contributed by atoms with E-state index in [4.69, 9.17) is 4.42 Å². The van der Waals surface area contributed by atoms with E-state index in [1.54, 1.807) is 0 Å². The summed E-state index contributed by atoms with van der Waals surface area (Å²) in [5.41, 5.74) is 1.57. The van der Waals surface area contributed by atoms with Gasteiger partial charge in [-0.25, -0.2) is 0 Å². The number of carbonyl (C=O) groups excluding carboxylic acids is 1. The van der Waals surface area contributed by atoms with Crippen molar-refractivity contribution >= 4 is 5.91 Å². The molecular weight excluding hydrogens is 254 g/mol. The number of carbonyl (C=O) groups is 1. The molecule has 2 unspecified atom stereocenters. The highest BCUT2D eigenvalue weighted by molar-refractivity contribution is 5.97. The van der Waals surface area contributed by atoms with Gasteiger partial charge in [0.05, 0.1) is 5.56 Å². The first-order valence-corrected chi connectivity index (χ1v) is 7.53. The molecule has 0 spiro atoms. The third kappa shape index (κ3) is 3.06. The van der Waals surface area contributed by atoms with E-state index in [9.17, 15) is 9.90 Å². The van der Waals surface area contributed by atoms with Crippen molar-refractivity contribution in [3.05, 3.63) is 22.6 Å². The molecular formula is C16H25NO3. The quantitative estimate of drug-likeness (QED) is 0.836. The molecule has 1 aromatic rings. The van der Waals surface area contributed by atoms with E-state index in [2.05, 4.69) is 5.32 Å². The molecule has 1 aromatic heterocycles. The van der Waals surface area contributed by atoms with Crippen LogP contribution in [0.1, 0.15) is 59.5 Å². The Morgan fingerprint density at radius 1 is 1.20 bits per heavy atom. The second kappa shape index (κ2) is 6.44. The van der Waals surface area contributed by atoms with Crippen LogP contribution in [0, 0.1) is 26.7 Å². The average molecular weight is 279 g/mol. The maximum Gasteiger partial charge on any atom is 0.255 e. The topological polar surface area (TPSA) is 62.5 Å². The molecule has 2 N–H and O–H groups in total. The second-order valence-corrected chi connectivity index (χ2v) is 5.88. The molecule has 4 heteroatoms. The smallest absolute Gasteiger partial charge is 0.255 e. The Kier molecular flexibility index (Phi) is 4.86.